The van der Waals surface area contributed by atoms with Gasteiger partial charge < -0.3 is 10.2 Å². The molecule has 0 bridgehead atoms. The van der Waals surface area contributed by atoms with Crippen molar-refractivity contribution in [2.75, 3.05) is 6.61 Å². The van der Waals surface area contributed by atoms with E-state index in [1.807, 2.05) is 0 Å². The van der Waals surface area contributed by atoms with E-state index in [-0.39, 0.29) is 5.56 Å². The molecule has 5 heteroatoms. The van der Waals surface area contributed by atoms with Gasteiger partial charge in [-0.3, -0.25) is 0 Å². The van der Waals surface area contributed by atoms with E-state index in [2.05, 4.69) is 0 Å². The van der Waals surface area contributed by atoms with Crippen LogP contribution in [0.4, 0.5) is 13.2 Å². The highest BCUT2D eigenvalue weighted by Crippen LogP contribution is 2.40. The highest BCUT2D eigenvalue weighted by Gasteiger charge is 2.38. The Hall–Kier alpha value is -1.23. The van der Waals surface area contributed by atoms with Gasteiger partial charge in [-0.1, -0.05) is 19.9 Å². The second kappa shape index (κ2) is 4.22. The first kappa shape index (κ1) is 13.8. The fraction of sp³-hybridized carbons (Fsp3) is 0.500. The van der Waals surface area contributed by atoms with Crippen LogP contribution in [0.15, 0.2) is 12.1 Å². The minimum atomic E-state index is -4.55. The van der Waals surface area contributed by atoms with Gasteiger partial charge in [0.15, 0.2) is 0 Å². The van der Waals surface area contributed by atoms with Crippen molar-refractivity contribution in [1.82, 2.24) is 0 Å². The number of aliphatic hydroxyl groups excluding tert-OH is 1. The van der Waals surface area contributed by atoms with Crippen LogP contribution in [0, 0.1) is 6.92 Å². The van der Waals surface area contributed by atoms with Crippen LogP contribution < -0.4 is 0 Å². The molecule has 17 heavy (non-hydrogen) atoms. The van der Waals surface area contributed by atoms with Gasteiger partial charge in [0.25, 0.3) is 0 Å². The van der Waals surface area contributed by atoms with E-state index >= 15 is 0 Å². The molecule has 1 aromatic rings. The number of benzene rings is 1. The van der Waals surface area contributed by atoms with Crippen LogP contribution in [-0.4, -0.2) is 16.8 Å². The highest BCUT2D eigenvalue weighted by molar-refractivity contribution is 5.45. The molecule has 1 aromatic carbocycles. The van der Waals surface area contributed by atoms with E-state index in [4.69, 9.17) is 5.11 Å². The van der Waals surface area contributed by atoms with Crippen molar-refractivity contribution in [2.45, 2.75) is 32.4 Å². The third-order valence-corrected chi connectivity index (χ3v) is 2.77. The van der Waals surface area contributed by atoms with Crippen LogP contribution >= 0.6 is 0 Å². The molecule has 0 aliphatic carbocycles. The Morgan fingerprint density at radius 3 is 2.06 bits per heavy atom. The molecule has 0 spiro atoms. The molecule has 0 saturated heterocycles. The summed E-state index contributed by atoms with van der Waals surface area (Å²) in [6.45, 7) is 4.16. The standard InChI is InChI=1S/C12H15F3O2/c1-7-4-8(11(2,3)6-16)9(5-10(7)17)12(13,14)15/h4-5,16-17H,6H2,1-3H3. The van der Waals surface area contributed by atoms with Crippen molar-refractivity contribution in [1.29, 1.82) is 0 Å². The van der Waals surface area contributed by atoms with Crippen LogP contribution in [-0.2, 0) is 11.6 Å². The summed E-state index contributed by atoms with van der Waals surface area (Å²) in [4.78, 5) is 0. The third kappa shape index (κ3) is 2.72. The summed E-state index contributed by atoms with van der Waals surface area (Å²) >= 11 is 0. The summed E-state index contributed by atoms with van der Waals surface area (Å²) in [6.07, 6.45) is -4.55. The number of hydrogen-bond acceptors (Lipinski definition) is 2. The van der Waals surface area contributed by atoms with Crippen molar-refractivity contribution < 1.29 is 23.4 Å². The Bertz CT molecular complexity index is 422. The van der Waals surface area contributed by atoms with E-state index in [0.717, 1.165) is 0 Å². The van der Waals surface area contributed by atoms with E-state index in [0.29, 0.717) is 11.6 Å². The molecule has 0 atom stereocenters. The lowest BCUT2D eigenvalue weighted by Crippen LogP contribution is -2.26. The normalized spacial score (nSPS) is 12.9. The van der Waals surface area contributed by atoms with E-state index < -0.39 is 29.5 Å². The predicted octanol–water partition coefficient (Wildman–Crippen LogP) is 2.99. The fourth-order valence-electron chi connectivity index (χ4n) is 1.58. The summed E-state index contributed by atoms with van der Waals surface area (Å²) in [5.41, 5.74) is -1.57. The van der Waals surface area contributed by atoms with Gasteiger partial charge >= 0.3 is 6.18 Å². The number of hydrogen-bond donors (Lipinski definition) is 2. The lowest BCUT2D eigenvalue weighted by Gasteiger charge is -2.27. The van der Waals surface area contributed by atoms with Gasteiger partial charge in [0.05, 0.1) is 12.2 Å². The number of phenolic OH excluding ortho intramolecular Hbond substituents is 1. The van der Waals surface area contributed by atoms with Gasteiger partial charge in [-0.25, -0.2) is 0 Å². The molecular formula is C12H15F3O2. The molecule has 0 heterocycles. The SMILES string of the molecule is Cc1cc(C(C)(C)CO)c(C(F)(F)F)cc1O. The zero-order valence-electron chi connectivity index (χ0n) is 9.89. The first-order valence-electron chi connectivity index (χ1n) is 5.12. The minimum Gasteiger partial charge on any atom is -0.508 e. The maximum absolute atomic E-state index is 12.8. The minimum absolute atomic E-state index is 0.0113. The van der Waals surface area contributed by atoms with Crippen molar-refractivity contribution in [3.05, 3.63) is 28.8 Å². The number of aryl methyl sites for hydroxylation is 1. The molecule has 0 aromatic heterocycles. The van der Waals surface area contributed by atoms with Gasteiger partial charge in [0.1, 0.15) is 5.75 Å². The monoisotopic (exact) mass is 248 g/mol. The van der Waals surface area contributed by atoms with E-state index in [1.165, 1.54) is 26.8 Å². The van der Waals surface area contributed by atoms with Crippen LogP contribution in [0.3, 0.4) is 0 Å². The number of aromatic hydroxyl groups is 1. The van der Waals surface area contributed by atoms with Crippen molar-refractivity contribution in [2.24, 2.45) is 0 Å². The first-order valence-corrected chi connectivity index (χ1v) is 5.12. The molecule has 2 nitrogen and oxygen atoms in total. The summed E-state index contributed by atoms with van der Waals surface area (Å²) in [6, 6.07) is 1.98. The summed E-state index contributed by atoms with van der Waals surface area (Å²) in [5.74, 6) is -0.394. The second-order valence-corrected chi connectivity index (χ2v) is 4.72. The average Bonchev–Trinajstić information content (AvgIpc) is 2.19. The van der Waals surface area contributed by atoms with Gasteiger partial charge in [-0.05, 0) is 24.1 Å². The van der Waals surface area contributed by atoms with Gasteiger partial charge in [-0.15, -0.1) is 0 Å². The first-order chi connectivity index (χ1) is 7.59. The largest absolute Gasteiger partial charge is 0.508 e. The molecule has 0 aliphatic heterocycles. The zero-order chi connectivity index (χ0) is 13.4. The van der Waals surface area contributed by atoms with E-state index in [1.54, 1.807) is 0 Å². The Labute approximate surface area is 97.7 Å². The quantitative estimate of drug-likeness (QED) is 0.844. The Balaban J connectivity index is 3.53. The maximum Gasteiger partial charge on any atom is 0.416 e. The summed E-state index contributed by atoms with van der Waals surface area (Å²) < 4.78 is 38.5. The predicted molar refractivity (Wildman–Crippen MR) is 58.0 cm³/mol. The molecule has 1 rings (SSSR count). The fourth-order valence-corrected chi connectivity index (χ4v) is 1.58. The van der Waals surface area contributed by atoms with Crippen molar-refractivity contribution >= 4 is 0 Å². The molecule has 0 unspecified atom stereocenters. The third-order valence-electron chi connectivity index (χ3n) is 2.77. The molecule has 2 N–H and O–H groups in total. The Morgan fingerprint density at radius 1 is 1.12 bits per heavy atom. The van der Waals surface area contributed by atoms with Crippen molar-refractivity contribution in [3.8, 4) is 5.75 Å². The van der Waals surface area contributed by atoms with Crippen LogP contribution in [0.25, 0.3) is 0 Å². The lowest BCUT2D eigenvalue weighted by molar-refractivity contribution is -0.139. The Morgan fingerprint density at radius 2 is 1.65 bits per heavy atom. The molecular weight excluding hydrogens is 233 g/mol. The molecule has 96 valence electrons. The number of alkyl halides is 3. The molecule has 0 saturated carbocycles. The number of halogens is 3. The zero-order valence-corrected chi connectivity index (χ0v) is 9.89. The van der Waals surface area contributed by atoms with Crippen LogP contribution in [0.1, 0.15) is 30.5 Å². The second-order valence-electron chi connectivity index (χ2n) is 4.72. The number of aliphatic hydroxyl groups is 1. The van der Waals surface area contributed by atoms with Gasteiger partial charge in [-0.2, -0.15) is 13.2 Å². The number of phenols is 1. The van der Waals surface area contributed by atoms with Crippen LogP contribution in [0.5, 0.6) is 5.75 Å². The lowest BCUT2D eigenvalue weighted by atomic mass is 9.81. The topological polar surface area (TPSA) is 40.5 Å². The molecule has 0 amide bonds. The summed E-state index contributed by atoms with van der Waals surface area (Å²) in [7, 11) is 0. The van der Waals surface area contributed by atoms with Gasteiger partial charge in [0.2, 0.25) is 0 Å². The van der Waals surface area contributed by atoms with Crippen LogP contribution in [0.2, 0.25) is 0 Å². The smallest absolute Gasteiger partial charge is 0.416 e. The Kier molecular flexibility index (Phi) is 3.43. The highest BCUT2D eigenvalue weighted by atomic mass is 19.4. The van der Waals surface area contributed by atoms with Crippen molar-refractivity contribution in [3.63, 3.8) is 0 Å². The number of rotatable bonds is 2. The average molecular weight is 248 g/mol. The van der Waals surface area contributed by atoms with E-state index in [9.17, 15) is 18.3 Å². The maximum atomic E-state index is 12.8. The molecule has 0 radical (unpaired) electrons. The molecule has 0 aliphatic rings. The summed E-state index contributed by atoms with van der Waals surface area (Å²) in [5, 5.41) is 18.5. The molecule has 0 fully saturated rings. The van der Waals surface area contributed by atoms with Gasteiger partial charge in [0, 0.05) is 5.41 Å².